The second-order valence-electron chi connectivity index (χ2n) is 2.93. The van der Waals surface area contributed by atoms with Gasteiger partial charge in [-0.1, -0.05) is 25.6 Å². The van der Waals surface area contributed by atoms with E-state index in [9.17, 15) is 0 Å². The van der Waals surface area contributed by atoms with Crippen LogP contribution in [0.25, 0.3) is 0 Å². The van der Waals surface area contributed by atoms with Crippen molar-refractivity contribution in [2.45, 2.75) is 32.2 Å². The zero-order valence-electron chi connectivity index (χ0n) is 7.48. The molecule has 1 aliphatic rings. The summed E-state index contributed by atoms with van der Waals surface area (Å²) < 4.78 is 0. The van der Waals surface area contributed by atoms with E-state index in [4.69, 9.17) is 0 Å². The number of aliphatic imine (C=N–C) groups is 1. The van der Waals surface area contributed by atoms with Crippen LogP contribution in [0.1, 0.15) is 26.7 Å². The standard InChI is InChI=1S/C8H16N2S/c1-4-8(5-2)6-11-7(9-3)10-8/h4-6H2,1-3H3,(H,9,10). The van der Waals surface area contributed by atoms with Gasteiger partial charge in [-0.2, -0.15) is 0 Å². The lowest BCUT2D eigenvalue weighted by Gasteiger charge is -2.25. The van der Waals surface area contributed by atoms with Gasteiger partial charge in [0.2, 0.25) is 0 Å². The minimum Gasteiger partial charge on any atom is -0.359 e. The van der Waals surface area contributed by atoms with Crippen molar-refractivity contribution in [3.63, 3.8) is 0 Å². The summed E-state index contributed by atoms with van der Waals surface area (Å²) in [5.41, 5.74) is 0.333. The van der Waals surface area contributed by atoms with Crippen LogP contribution in [0.5, 0.6) is 0 Å². The summed E-state index contributed by atoms with van der Waals surface area (Å²) in [7, 11) is 1.84. The number of amidine groups is 1. The third-order valence-corrected chi connectivity index (χ3v) is 3.67. The Hall–Kier alpha value is -0.180. The van der Waals surface area contributed by atoms with E-state index in [1.165, 1.54) is 18.6 Å². The number of nitrogens with one attached hydrogen (secondary N) is 1. The Labute approximate surface area is 72.9 Å². The van der Waals surface area contributed by atoms with Crippen LogP contribution in [0, 0.1) is 0 Å². The van der Waals surface area contributed by atoms with E-state index in [0.29, 0.717) is 5.54 Å². The monoisotopic (exact) mass is 172 g/mol. The summed E-state index contributed by atoms with van der Waals surface area (Å²) in [4.78, 5) is 4.15. The van der Waals surface area contributed by atoms with Gasteiger partial charge >= 0.3 is 0 Å². The van der Waals surface area contributed by atoms with Crippen molar-refractivity contribution >= 4 is 16.9 Å². The molecule has 0 spiro atoms. The molecule has 64 valence electrons. The number of thioether (sulfide) groups is 1. The zero-order valence-corrected chi connectivity index (χ0v) is 8.29. The Kier molecular flexibility index (Phi) is 2.82. The molecule has 1 saturated heterocycles. The van der Waals surface area contributed by atoms with Gasteiger partial charge in [0.05, 0.1) is 0 Å². The fourth-order valence-electron chi connectivity index (χ4n) is 1.26. The Balaban J connectivity index is 2.62. The fourth-order valence-corrected chi connectivity index (χ4v) is 2.57. The quantitative estimate of drug-likeness (QED) is 0.687. The van der Waals surface area contributed by atoms with Gasteiger partial charge in [-0.25, -0.2) is 0 Å². The predicted molar refractivity (Wildman–Crippen MR) is 52.3 cm³/mol. The lowest BCUT2D eigenvalue weighted by molar-refractivity contribution is 0.408. The first-order valence-corrected chi connectivity index (χ1v) is 5.12. The van der Waals surface area contributed by atoms with Gasteiger partial charge in [0, 0.05) is 18.3 Å². The molecular formula is C8H16N2S. The summed E-state index contributed by atoms with van der Waals surface area (Å²) in [6.45, 7) is 4.46. The Morgan fingerprint density at radius 2 is 2.18 bits per heavy atom. The van der Waals surface area contributed by atoms with E-state index in [1.807, 2.05) is 18.8 Å². The van der Waals surface area contributed by atoms with E-state index in [-0.39, 0.29) is 0 Å². The van der Waals surface area contributed by atoms with Crippen molar-refractivity contribution in [3.8, 4) is 0 Å². The molecule has 0 atom stereocenters. The first kappa shape index (κ1) is 8.91. The van der Waals surface area contributed by atoms with Gasteiger partial charge in [0.15, 0.2) is 5.17 Å². The molecule has 0 radical (unpaired) electrons. The van der Waals surface area contributed by atoms with Crippen LogP contribution in [0.15, 0.2) is 4.99 Å². The zero-order chi connectivity index (χ0) is 8.32. The van der Waals surface area contributed by atoms with Gasteiger partial charge in [0.1, 0.15) is 0 Å². The van der Waals surface area contributed by atoms with Gasteiger partial charge in [-0.05, 0) is 12.8 Å². The number of nitrogens with zero attached hydrogens (tertiary/aromatic N) is 1. The van der Waals surface area contributed by atoms with E-state index in [1.54, 1.807) is 0 Å². The highest BCUT2D eigenvalue weighted by atomic mass is 32.2. The molecule has 0 unspecified atom stereocenters. The molecule has 1 rings (SSSR count). The molecule has 0 amide bonds. The summed E-state index contributed by atoms with van der Waals surface area (Å²) in [6, 6.07) is 0. The van der Waals surface area contributed by atoms with Crippen molar-refractivity contribution in [3.05, 3.63) is 0 Å². The van der Waals surface area contributed by atoms with E-state index >= 15 is 0 Å². The highest BCUT2D eigenvalue weighted by molar-refractivity contribution is 8.14. The summed E-state index contributed by atoms with van der Waals surface area (Å²) in [5, 5.41) is 4.57. The number of hydrogen-bond donors (Lipinski definition) is 1. The Morgan fingerprint density at radius 3 is 2.45 bits per heavy atom. The molecule has 1 N–H and O–H groups in total. The summed E-state index contributed by atoms with van der Waals surface area (Å²) in [5.74, 6) is 1.17. The van der Waals surface area contributed by atoms with Gasteiger partial charge in [0.25, 0.3) is 0 Å². The number of rotatable bonds is 2. The topological polar surface area (TPSA) is 24.4 Å². The van der Waals surface area contributed by atoms with Crippen molar-refractivity contribution in [2.24, 2.45) is 4.99 Å². The maximum Gasteiger partial charge on any atom is 0.156 e. The molecule has 1 heterocycles. The van der Waals surface area contributed by atoms with Gasteiger partial charge in [-0.3, -0.25) is 4.99 Å². The highest BCUT2D eigenvalue weighted by Gasteiger charge is 2.33. The summed E-state index contributed by atoms with van der Waals surface area (Å²) >= 11 is 1.84. The molecule has 1 fully saturated rings. The first-order valence-electron chi connectivity index (χ1n) is 4.14. The van der Waals surface area contributed by atoms with Crippen LogP contribution in [-0.4, -0.2) is 23.5 Å². The largest absolute Gasteiger partial charge is 0.359 e. The third kappa shape index (κ3) is 1.70. The van der Waals surface area contributed by atoms with Crippen LogP contribution in [-0.2, 0) is 0 Å². The van der Waals surface area contributed by atoms with Crippen LogP contribution in [0.2, 0.25) is 0 Å². The molecule has 2 nitrogen and oxygen atoms in total. The van der Waals surface area contributed by atoms with Gasteiger partial charge < -0.3 is 5.32 Å². The van der Waals surface area contributed by atoms with Gasteiger partial charge in [-0.15, -0.1) is 0 Å². The van der Waals surface area contributed by atoms with E-state index < -0.39 is 0 Å². The first-order chi connectivity index (χ1) is 5.26. The molecular weight excluding hydrogens is 156 g/mol. The average molecular weight is 172 g/mol. The third-order valence-electron chi connectivity index (χ3n) is 2.41. The molecule has 0 aromatic carbocycles. The van der Waals surface area contributed by atoms with E-state index in [0.717, 1.165) is 5.17 Å². The van der Waals surface area contributed by atoms with Crippen LogP contribution in [0.3, 0.4) is 0 Å². The maximum atomic E-state index is 4.15. The summed E-state index contributed by atoms with van der Waals surface area (Å²) in [6.07, 6.45) is 2.38. The molecule has 1 aliphatic heterocycles. The SMILES string of the molecule is CCC1(CC)CSC(=NC)N1. The molecule has 0 aromatic heterocycles. The molecule has 0 aromatic rings. The lowest BCUT2D eigenvalue weighted by Crippen LogP contribution is -2.42. The predicted octanol–water partition coefficient (Wildman–Crippen LogP) is 1.87. The van der Waals surface area contributed by atoms with Crippen molar-refractivity contribution in [1.29, 1.82) is 0 Å². The lowest BCUT2D eigenvalue weighted by atomic mass is 9.96. The second kappa shape index (κ2) is 3.48. The Bertz CT molecular complexity index is 161. The smallest absolute Gasteiger partial charge is 0.156 e. The molecule has 0 aliphatic carbocycles. The van der Waals surface area contributed by atoms with Crippen molar-refractivity contribution in [1.82, 2.24) is 5.32 Å². The van der Waals surface area contributed by atoms with Crippen LogP contribution in [0.4, 0.5) is 0 Å². The van der Waals surface area contributed by atoms with E-state index in [2.05, 4.69) is 24.2 Å². The molecule has 0 bridgehead atoms. The average Bonchev–Trinajstić information content (AvgIpc) is 2.49. The molecule has 11 heavy (non-hydrogen) atoms. The van der Waals surface area contributed by atoms with Crippen molar-refractivity contribution in [2.75, 3.05) is 12.8 Å². The molecule has 3 heteroatoms. The minimum atomic E-state index is 0.333. The maximum absolute atomic E-state index is 4.15. The van der Waals surface area contributed by atoms with Crippen LogP contribution >= 0.6 is 11.8 Å². The number of hydrogen-bond acceptors (Lipinski definition) is 2. The Morgan fingerprint density at radius 1 is 1.55 bits per heavy atom. The normalized spacial score (nSPS) is 25.5. The van der Waals surface area contributed by atoms with Crippen LogP contribution < -0.4 is 5.32 Å². The molecule has 0 saturated carbocycles. The second-order valence-corrected chi connectivity index (χ2v) is 3.89. The highest BCUT2D eigenvalue weighted by Crippen LogP contribution is 2.28. The van der Waals surface area contributed by atoms with Crippen molar-refractivity contribution < 1.29 is 0 Å². The fraction of sp³-hybridized carbons (Fsp3) is 0.875. The minimum absolute atomic E-state index is 0.333.